The van der Waals surface area contributed by atoms with Crippen molar-refractivity contribution < 1.29 is 4.79 Å². The Balaban J connectivity index is 4.26. The Bertz CT molecular complexity index is 160. The Morgan fingerprint density at radius 2 is 1.82 bits per heavy atom. The van der Waals surface area contributed by atoms with E-state index < -0.39 is 0 Å². The van der Waals surface area contributed by atoms with Crippen LogP contribution in [0.2, 0.25) is 0 Å². The first-order valence-corrected chi connectivity index (χ1v) is 4.06. The van der Waals surface area contributed by atoms with Gasteiger partial charge in [0.2, 0.25) is 0 Å². The monoisotopic (exact) mass is 154 g/mol. The van der Waals surface area contributed by atoms with Crippen molar-refractivity contribution in [1.29, 1.82) is 0 Å². The summed E-state index contributed by atoms with van der Waals surface area (Å²) in [6.07, 6.45) is 3.44. The predicted molar refractivity (Wildman–Crippen MR) is 48.4 cm³/mol. The van der Waals surface area contributed by atoms with Crippen molar-refractivity contribution in [2.75, 3.05) is 0 Å². The molecule has 0 spiro atoms. The minimum Gasteiger partial charge on any atom is -0.295 e. The van der Waals surface area contributed by atoms with Gasteiger partial charge in [0.15, 0.2) is 5.78 Å². The molecule has 0 aromatic heterocycles. The van der Waals surface area contributed by atoms with Gasteiger partial charge in [-0.3, -0.25) is 4.79 Å². The van der Waals surface area contributed by atoms with Crippen LogP contribution in [0.5, 0.6) is 0 Å². The number of rotatable bonds is 2. The molecule has 0 saturated carbocycles. The molecule has 0 aliphatic heterocycles. The third-order valence-corrected chi connectivity index (χ3v) is 2.06. The molecule has 0 radical (unpaired) electrons. The molecule has 0 bridgehead atoms. The molecule has 0 fully saturated rings. The summed E-state index contributed by atoms with van der Waals surface area (Å²) in [5, 5.41) is 0. The van der Waals surface area contributed by atoms with Crippen molar-refractivity contribution in [3.63, 3.8) is 0 Å². The van der Waals surface area contributed by atoms with E-state index in [0.717, 1.165) is 0 Å². The molecule has 0 aliphatic rings. The highest BCUT2D eigenvalue weighted by Crippen LogP contribution is 2.26. The summed E-state index contributed by atoms with van der Waals surface area (Å²) in [5.41, 5.74) is 0.0800. The van der Waals surface area contributed by atoms with Crippen LogP contribution in [-0.4, -0.2) is 5.78 Å². The normalized spacial score (nSPS) is 15.4. The van der Waals surface area contributed by atoms with Crippen LogP contribution in [0.4, 0.5) is 0 Å². The zero-order valence-electron chi connectivity index (χ0n) is 8.14. The SMILES string of the molecule is C/C=C/C(=O)C(C)C(C)(C)C. The average molecular weight is 154 g/mol. The van der Waals surface area contributed by atoms with Gasteiger partial charge in [-0.2, -0.15) is 0 Å². The highest BCUT2D eigenvalue weighted by molar-refractivity contribution is 5.91. The van der Waals surface area contributed by atoms with E-state index in [0.29, 0.717) is 0 Å². The number of hydrogen-bond donors (Lipinski definition) is 0. The summed E-state index contributed by atoms with van der Waals surface area (Å²) in [7, 11) is 0. The minimum atomic E-state index is 0.0800. The molecule has 1 unspecified atom stereocenters. The minimum absolute atomic E-state index is 0.0800. The van der Waals surface area contributed by atoms with Gasteiger partial charge in [-0.05, 0) is 18.4 Å². The van der Waals surface area contributed by atoms with Gasteiger partial charge in [0.25, 0.3) is 0 Å². The Kier molecular flexibility index (Phi) is 3.50. The standard InChI is InChI=1S/C10H18O/c1-6-7-9(11)8(2)10(3,4)5/h6-8H,1-5H3/b7-6+. The Morgan fingerprint density at radius 1 is 1.36 bits per heavy atom. The van der Waals surface area contributed by atoms with Crippen molar-refractivity contribution in [2.45, 2.75) is 34.6 Å². The van der Waals surface area contributed by atoms with E-state index in [1.807, 2.05) is 13.8 Å². The van der Waals surface area contributed by atoms with E-state index in [2.05, 4.69) is 20.8 Å². The lowest BCUT2D eigenvalue weighted by Gasteiger charge is -2.24. The topological polar surface area (TPSA) is 17.1 Å². The fourth-order valence-corrected chi connectivity index (χ4v) is 0.735. The fraction of sp³-hybridized carbons (Fsp3) is 0.700. The second-order valence-corrected chi connectivity index (χ2v) is 3.99. The Morgan fingerprint density at radius 3 is 2.09 bits per heavy atom. The number of allylic oxidation sites excluding steroid dienone is 2. The molecule has 0 amide bonds. The summed E-state index contributed by atoms with van der Waals surface area (Å²) < 4.78 is 0. The van der Waals surface area contributed by atoms with Crippen LogP contribution in [0, 0.1) is 11.3 Å². The summed E-state index contributed by atoms with van der Waals surface area (Å²) in [6, 6.07) is 0. The smallest absolute Gasteiger partial charge is 0.158 e. The molecular weight excluding hydrogens is 136 g/mol. The molecule has 0 saturated heterocycles. The average Bonchev–Trinajstić information content (AvgIpc) is 1.85. The maximum absolute atomic E-state index is 11.3. The van der Waals surface area contributed by atoms with Gasteiger partial charge in [-0.15, -0.1) is 0 Å². The number of ketones is 1. The largest absolute Gasteiger partial charge is 0.295 e. The van der Waals surface area contributed by atoms with Crippen LogP contribution in [0.1, 0.15) is 34.6 Å². The summed E-state index contributed by atoms with van der Waals surface area (Å²) in [5.74, 6) is 0.332. The second-order valence-electron chi connectivity index (χ2n) is 3.99. The molecule has 11 heavy (non-hydrogen) atoms. The van der Waals surface area contributed by atoms with Crippen molar-refractivity contribution >= 4 is 5.78 Å². The van der Waals surface area contributed by atoms with Gasteiger partial charge in [-0.1, -0.05) is 33.8 Å². The highest BCUT2D eigenvalue weighted by Gasteiger charge is 2.24. The first-order valence-electron chi connectivity index (χ1n) is 4.06. The Labute approximate surface area is 69.5 Å². The van der Waals surface area contributed by atoms with Crippen LogP contribution in [0.15, 0.2) is 12.2 Å². The van der Waals surface area contributed by atoms with Crippen molar-refractivity contribution in [1.82, 2.24) is 0 Å². The van der Waals surface area contributed by atoms with E-state index in [9.17, 15) is 4.79 Å². The van der Waals surface area contributed by atoms with E-state index in [4.69, 9.17) is 0 Å². The van der Waals surface area contributed by atoms with Gasteiger partial charge >= 0.3 is 0 Å². The molecular formula is C10H18O. The molecule has 0 aromatic carbocycles. The summed E-state index contributed by atoms with van der Waals surface area (Å²) >= 11 is 0. The van der Waals surface area contributed by atoms with E-state index in [-0.39, 0.29) is 17.1 Å². The first kappa shape index (κ1) is 10.4. The molecule has 0 N–H and O–H groups in total. The van der Waals surface area contributed by atoms with Crippen LogP contribution >= 0.6 is 0 Å². The van der Waals surface area contributed by atoms with Crippen molar-refractivity contribution in [2.24, 2.45) is 11.3 Å². The molecule has 0 rings (SSSR count). The van der Waals surface area contributed by atoms with Gasteiger partial charge in [0.05, 0.1) is 0 Å². The fourth-order valence-electron chi connectivity index (χ4n) is 0.735. The lowest BCUT2D eigenvalue weighted by Crippen LogP contribution is -2.24. The third kappa shape index (κ3) is 3.35. The van der Waals surface area contributed by atoms with Crippen LogP contribution in [0.3, 0.4) is 0 Å². The molecule has 0 aromatic rings. The van der Waals surface area contributed by atoms with Crippen molar-refractivity contribution in [3.05, 3.63) is 12.2 Å². The summed E-state index contributed by atoms with van der Waals surface area (Å²) in [4.78, 5) is 11.3. The van der Waals surface area contributed by atoms with Gasteiger partial charge < -0.3 is 0 Å². The van der Waals surface area contributed by atoms with Gasteiger partial charge in [0.1, 0.15) is 0 Å². The number of carbonyl (C=O) groups excluding carboxylic acids is 1. The number of hydrogen-bond acceptors (Lipinski definition) is 1. The summed E-state index contributed by atoms with van der Waals surface area (Å²) in [6.45, 7) is 10.1. The van der Waals surface area contributed by atoms with Crippen LogP contribution in [0.25, 0.3) is 0 Å². The lowest BCUT2D eigenvalue weighted by atomic mass is 9.79. The maximum atomic E-state index is 11.3. The lowest BCUT2D eigenvalue weighted by molar-refractivity contribution is -0.120. The van der Waals surface area contributed by atoms with Gasteiger partial charge in [-0.25, -0.2) is 0 Å². The molecule has 1 heteroatoms. The van der Waals surface area contributed by atoms with Gasteiger partial charge in [0, 0.05) is 5.92 Å². The highest BCUT2D eigenvalue weighted by atomic mass is 16.1. The molecule has 0 aliphatic carbocycles. The second kappa shape index (κ2) is 3.70. The third-order valence-electron chi connectivity index (χ3n) is 2.06. The zero-order chi connectivity index (χ0) is 9.07. The first-order chi connectivity index (χ1) is 4.89. The maximum Gasteiger partial charge on any atom is 0.158 e. The quantitative estimate of drug-likeness (QED) is 0.559. The van der Waals surface area contributed by atoms with E-state index >= 15 is 0 Å². The predicted octanol–water partition coefficient (Wildman–Crippen LogP) is 2.81. The zero-order valence-corrected chi connectivity index (χ0v) is 8.14. The van der Waals surface area contributed by atoms with Crippen molar-refractivity contribution in [3.8, 4) is 0 Å². The molecule has 64 valence electrons. The van der Waals surface area contributed by atoms with Crippen LogP contribution in [-0.2, 0) is 4.79 Å². The molecule has 1 nitrogen and oxygen atoms in total. The molecule has 0 heterocycles. The van der Waals surface area contributed by atoms with E-state index in [1.54, 1.807) is 12.2 Å². The Hall–Kier alpha value is -0.590. The van der Waals surface area contributed by atoms with Crippen LogP contribution < -0.4 is 0 Å². The molecule has 1 atom stereocenters. The van der Waals surface area contributed by atoms with E-state index in [1.165, 1.54) is 0 Å². The number of carbonyl (C=O) groups is 1.